The summed E-state index contributed by atoms with van der Waals surface area (Å²) in [5, 5.41) is 18.7. The molecule has 0 aliphatic carbocycles. The minimum atomic E-state index is -1.05. The van der Waals surface area contributed by atoms with E-state index < -0.39 is 5.97 Å². The topological polar surface area (TPSA) is 92.0 Å². The zero-order valence-electron chi connectivity index (χ0n) is 7.31. The maximum Gasteiger partial charge on any atom is 0.339 e. The summed E-state index contributed by atoms with van der Waals surface area (Å²) in [5.41, 5.74) is 0.880. The lowest BCUT2D eigenvalue weighted by Crippen LogP contribution is -1.96. The summed E-state index contributed by atoms with van der Waals surface area (Å²) in [6.45, 7) is 1.73. The number of carboxylic acid groups (broad SMARTS) is 1. The van der Waals surface area contributed by atoms with Crippen molar-refractivity contribution in [2.75, 3.05) is 0 Å². The predicted octanol–water partition coefficient (Wildman–Crippen LogP) is 1.07. The maximum absolute atomic E-state index is 10.7. The molecule has 14 heavy (non-hydrogen) atoms. The molecule has 0 aliphatic heterocycles. The number of nitrogens with one attached hydrogen (secondary N) is 1. The van der Waals surface area contributed by atoms with Crippen molar-refractivity contribution in [3.8, 4) is 11.4 Å². The molecule has 2 aromatic rings. The van der Waals surface area contributed by atoms with Gasteiger partial charge in [-0.2, -0.15) is 5.10 Å². The number of aromatic carboxylic acids is 1. The normalized spacial score (nSPS) is 10.4. The van der Waals surface area contributed by atoms with Gasteiger partial charge in [0.25, 0.3) is 0 Å². The molecule has 72 valence electrons. The number of hydrogen-bond donors (Lipinski definition) is 2. The molecule has 0 atom stereocenters. The fraction of sp³-hybridized carbons (Fsp3) is 0.125. The molecule has 0 bridgehead atoms. The lowest BCUT2D eigenvalue weighted by Gasteiger charge is -1.91. The minimum absolute atomic E-state index is 0.0818. The van der Waals surface area contributed by atoms with Crippen LogP contribution in [0.4, 0.5) is 0 Å². The second-order valence-corrected chi connectivity index (χ2v) is 2.79. The number of hydrogen-bond acceptors (Lipinski definition) is 4. The standard InChI is InChI=1S/C8H7N3O3/c1-4-2-6(11-14-4)7-5(8(12)13)3-9-10-7/h2-3H,1H3,(H,9,10)(H,12,13). The number of aromatic amines is 1. The van der Waals surface area contributed by atoms with E-state index >= 15 is 0 Å². The van der Waals surface area contributed by atoms with Crippen LogP contribution in [0.25, 0.3) is 11.4 Å². The maximum atomic E-state index is 10.7. The van der Waals surface area contributed by atoms with Crippen molar-refractivity contribution < 1.29 is 14.4 Å². The molecule has 0 aromatic carbocycles. The summed E-state index contributed by atoms with van der Waals surface area (Å²) >= 11 is 0. The Bertz CT molecular complexity index is 472. The zero-order valence-corrected chi connectivity index (χ0v) is 7.31. The summed E-state index contributed by atoms with van der Waals surface area (Å²) < 4.78 is 4.83. The zero-order chi connectivity index (χ0) is 10.1. The lowest BCUT2D eigenvalue weighted by molar-refractivity contribution is 0.0698. The molecule has 0 fully saturated rings. The average Bonchev–Trinajstić information content (AvgIpc) is 2.70. The first-order chi connectivity index (χ1) is 6.68. The van der Waals surface area contributed by atoms with Gasteiger partial charge in [0.2, 0.25) is 0 Å². The highest BCUT2D eigenvalue weighted by molar-refractivity contribution is 5.93. The van der Waals surface area contributed by atoms with Gasteiger partial charge in [-0.1, -0.05) is 5.16 Å². The summed E-state index contributed by atoms with van der Waals surface area (Å²) in [5.74, 6) is -0.430. The predicted molar refractivity (Wildman–Crippen MR) is 45.8 cm³/mol. The molecule has 0 spiro atoms. The van der Waals surface area contributed by atoms with Crippen molar-refractivity contribution in [2.24, 2.45) is 0 Å². The number of nitrogens with zero attached hydrogens (tertiary/aromatic N) is 2. The molecule has 0 radical (unpaired) electrons. The van der Waals surface area contributed by atoms with Crippen LogP contribution < -0.4 is 0 Å². The van der Waals surface area contributed by atoms with Gasteiger partial charge in [-0.15, -0.1) is 0 Å². The smallest absolute Gasteiger partial charge is 0.339 e. The minimum Gasteiger partial charge on any atom is -0.478 e. The van der Waals surface area contributed by atoms with E-state index in [-0.39, 0.29) is 5.56 Å². The number of rotatable bonds is 2. The van der Waals surface area contributed by atoms with E-state index in [2.05, 4.69) is 15.4 Å². The van der Waals surface area contributed by atoms with Crippen molar-refractivity contribution in [3.05, 3.63) is 23.6 Å². The van der Waals surface area contributed by atoms with Crippen LogP contribution in [0.2, 0.25) is 0 Å². The van der Waals surface area contributed by atoms with Crippen molar-refractivity contribution in [2.45, 2.75) is 6.92 Å². The number of H-pyrrole nitrogens is 1. The van der Waals surface area contributed by atoms with E-state index in [1.165, 1.54) is 6.20 Å². The van der Waals surface area contributed by atoms with Gasteiger partial charge in [0.1, 0.15) is 22.7 Å². The van der Waals surface area contributed by atoms with Crippen LogP contribution in [0.15, 0.2) is 16.8 Å². The van der Waals surface area contributed by atoms with Crippen LogP contribution in [0.5, 0.6) is 0 Å². The van der Waals surface area contributed by atoms with Crippen molar-refractivity contribution >= 4 is 5.97 Å². The third kappa shape index (κ3) is 1.26. The fourth-order valence-corrected chi connectivity index (χ4v) is 1.13. The van der Waals surface area contributed by atoms with Gasteiger partial charge >= 0.3 is 5.97 Å². The molecular weight excluding hydrogens is 186 g/mol. The van der Waals surface area contributed by atoms with Crippen LogP contribution in [0.1, 0.15) is 16.1 Å². The third-order valence-corrected chi connectivity index (χ3v) is 1.75. The second-order valence-electron chi connectivity index (χ2n) is 2.79. The number of aromatic nitrogens is 3. The Morgan fingerprint density at radius 3 is 3.00 bits per heavy atom. The molecule has 0 aliphatic rings. The Morgan fingerprint density at radius 1 is 1.64 bits per heavy atom. The van der Waals surface area contributed by atoms with Gasteiger partial charge in [-0.25, -0.2) is 4.79 Å². The molecular formula is C8H7N3O3. The van der Waals surface area contributed by atoms with Gasteiger partial charge < -0.3 is 9.63 Å². The van der Waals surface area contributed by atoms with E-state index in [1.54, 1.807) is 13.0 Å². The molecule has 0 amide bonds. The first-order valence-electron chi connectivity index (χ1n) is 3.89. The van der Waals surface area contributed by atoms with E-state index in [1.807, 2.05) is 0 Å². The van der Waals surface area contributed by atoms with Gasteiger partial charge in [-0.3, -0.25) is 5.10 Å². The number of carboxylic acids is 1. The number of carbonyl (C=O) groups is 1. The molecule has 0 saturated heterocycles. The van der Waals surface area contributed by atoms with E-state index in [0.717, 1.165) is 0 Å². The highest BCUT2D eigenvalue weighted by Crippen LogP contribution is 2.20. The van der Waals surface area contributed by atoms with Crippen molar-refractivity contribution in [3.63, 3.8) is 0 Å². The van der Waals surface area contributed by atoms with E-state index in [0.29, 0.717) is 17.1 Å². The van der Waals surface area contributed by atoms with Crippen LogP contribution in [-0.4, -0.2) is 26.4 Å². The molecule has 2 rings (SSSR count). The van der Waals surface area contributed by atoms with Gasteiger partial charge in [-0.05, 0) is 6.92 Å². The largest absolute Gasteiger partial charge is 0.478 e. The first-order valence-corrected chi connectivity index (χ1v) is 3.89. The molecule has 0 saturated carbocycles. The third-order valence-electron chi connectivity index (χ3n) is 1.75. The molecule has 6 heteroatoms. The fourth-order valence-electron chi connectivity index (χ4n) is 1.13. The summed E-state index contributed by atoms with van der Waals surface area (Å²) in [6.07, 6.45) is 1.24. The Labute approximate surface area is 78.5 Å². The van der Waals surface area contributed by atoms with Crippen LogP contribution in [0.3, 0.4) is 0 Å². The molecule has 2 aromatic heterocycles. The number of aryl methyl sites for hydroxylation is 1. The van der Waals surface area contributed by atoms with Gasteiger partial charge in [0, 0.05) is 6.07 Å². The van der Waals surface area contributed by atoms with E-state index in [9.17, 15) is 4.79 Å². The molecule has 6 nitrogen and oxygen atoms in total. The highest BCUT2D eigenvalue weighted by Gasteiger charge is 2.16. The Hall–Kier alpha value is -2.11. The van der Waals surface area contributed by atoms with Crippen LogP contribution in [0, 0.1) is 6.92 Å². The summed E-state index contributed by atoms with van der Waals surface area (Å²) in [6, 6.07) is 1.64. The van der Waals surface area contributed by atoms with Gasteiger partial charge in [0.05, 0.1) is 6.20 Å². The van der Waals surface area contributed by atoms with Crippen LogP contribution >= 0.6 is 0 Å². The monoisotopic (exact) mass is 193 g/mol. The molecule has 2 heterocycles. The average molecular weight is 193 g/mol. The Kier molecular flexibility index (Phi) is 1.81. The van der Waals surface area contributed by atoms with Crippen molar-refractivity contribution in [1.29, 1.82) is 0 Å². The lowest BCUT2D eigenvalue weighted by atomic mass is 10.2. The Morgan fingerprint density at radius 2 is 2.43 bits per heavy atom. The summed E-state index contributed by atoms with van der Waals surface area (Å²) in [7, 11) is 0. The molecule has 0 unspecified atom stereocenters. The van der Waals surface area contributed by atoms with Crippen LogP contribution in [-0.2, 0) is 0 Å². The second kappa shape index (κ2) is 2.99. The molecule has 2 N–H and O–H groups in total. The SMILES string of the molecule is Cc1cc(-c2[nH]ncc2C(=O)O)no1. The van der Waals surface area contributed by atoms with E-state index in [4.69, 9.17) is 9.63 Å². The Balaban J connectivity index is 2.51. The quantitative estimate of drug-likeness (QED) is 0.744. The highest BCUT2D eigenvalue weighted by atomic mass is 16.5. The first kappa shape index (κ1) is 8.49. The summed E-state index contributed by atoms with van der Waals surface area (Å²) in [4.78, 5) is 10.7. The van der Waals surface area contributed by atoms with Crippen molar-refractivity contribution in [1.82, 2.24) is 15.4 Å². The van der Waals surface area contributed by atoms with Gasteiger partial charge in [0.15, 0.2) is 0 Å².